The van der Waals surface area contributed by atoms with Crippen LogP contribution >= 0.6 is 46.7 Å². The van der Waals surface area contributed by atoms with Crippen molar-refractivity contribution in [3.63, 3.8) is 0 Å². The van der Waals surface area contributed by atoms with Crippen molar-refractivity contribution in [2.45, 2.75) is 15.1 Å². The summed E-state index contributed by atoms with van der Waals surface area (Å²) in [6.07, 6.45) is 1.96. The molecule has 0 atom stereocenters. The lowest BCUT2D eigenvalue weighted by Gasteiger charge is -2.08. The standard InChI is InChI=1S/C15H10Cl2N2S2/c1-20-15-18-12-5-3-2-4-10(12)14(19-15)21-13-8-9(16)6-7-11(13)17/h2-8H,1H3. The maximum absolute atomic E-state index is 6.24. The van der Waals surface area contributed by atoms with Gasteiger partial charge in [0.2, 0.25) is 0 Å². The quantitative estimate of drug-likeness (QED) is 0.337. The van der Waals surface area contributed by atoms with Crippen LogP contribution in [0.25, 0.3) is 10.9 Å². The van der Waals surface area contributed by atoms with E-state index in [4.69, 9.17) is 23.2 Å². The Balaban J connectivity index is 2.13. The molecule has 0 aliphatic carbocycles. The van der Waals surface area contributed by atoms with Crippen molar-refractivity contribution in [2.75, 3.05) is 6.26 Å². The van der Waals surface area contributed by atoms with Gasteiger partial charge in [0, 0.05) is 15.3 Å². The number of nitrogens with zero attached hydrogens (tertiary/aromatic N) is 2. The van der Waals surface area contributed by atoms with Gasteiger partial charge in [0.05, 0.1) is 10.5 Å². The van der Waals surface area contributed by atoms with Gasteiger partial charge >= 0.3 is 0 Å². The molecule has 2 aromatic carbocycles. The maximum atomic E-state index is 6.24. The number of benzene rings is 2. The molecular formula is C15H10Cl2N2S2. The van der Waals surface area contributed by atoms with Crippen LogP contribution in [0.5, 0.6) is 0 Å². The largest absolute Gasteiger partial charge is 0.222 e. The fraction of sp³-hybridized carbons (Fsp3) is 0.0667. The Bertz CT molecular complexity index is 809. The van der Waals surface area contributed by atoms with E-state index >= 15 is 0 Å². The second-order valence-corrected chi connectivity index (χ2v) is 6.86. The number of halogens is 2. The van der Waals surface area contributed by atoms with Gasteiger partial charge in [-0.25, -0.2) is 9.97 Å². The first-order chi connectivity index (χ1) is 10.2. The Kier molecular flexibility index (Phi) is 4.60. The van der Waals surface area contributed by atoms with Crippen LogP contribution in [0.4, 0.5) is 0 Å². The molecule has 0 saturated heterocycles. The summed E-state index contributed by atoms with van der Waals surface area (Å²) >= 11 is 15.3. The molecule has 0 bridgehead atoms. The van der Waals surface area contributed by atoms with Crippen molar-refractivity contribution in [1.29, 1.82) is 0 Å². The molecule has 0 unspecified atom stereocenters. The Labute approximate surface area is 141 Å². The molecule has 1 heterocycles. The molecule has 0 radical (unpaired) electrons. The third-order valence-electron chi connectivity index (χ3n) is 2.83. The van der Waals surface area contributed by atoms with Crippen LogP contribution in [0.2, 0.25) is 10.0 Å². The van der Waals surface area contributed by atoms with E-state index < -0.39 is 0 Å². The van der Waals surface area contributed by atoms with Crippen LogP contribution in [0.3, 0.4) is 0 Å². The second kappa shape index (κ2) is 6.44. The van der Waals surface area contributed by atoms with Gasteiger partial charge in [-0.1, -0.05) is 64.9 Å². The molecule has 2 nitrogen and oxygen atoms in total. The van der Waals surface area contributed by atoms with E-state index in [2.05, 4.69) is 9.97 Å². The summed E-state index contributed by atoms with van der Waals surface area (Å²) in [5, 5.41) is 3.96. The molecule has 3 aromatic rings. The molecule has 0 amide bonds. The lowest BCUT2D eigenvalue weighted by Crippen LogP contribution is -1.91. The first-order valence-corrected chi connectivity index (χ1v) is 8.91. The van der Waals surface area contributed by atoms with E-state index in [-0.39, 0.29) is 0 Å². The van der Waals surface area contributed by atoms with Crippen molar-refractivity contribution >= 4 is 57.6 Å². The highest BCUT2D eigenvalue weighted by Crippen LogP contribution is 2.37. The van der Waals surface area contributed by atoms with E-state index in [1.165, 1.54) is 23.5 Å². The Morgan fingerprint density at radius 1 is 1.00 bits per heavy atom. The molecule has 1 aromatic heterocycles. The lowest BCUT2D eigenvalue weighted by molar-refractivity contribution is 0.933. The average molecular weight is 353 g/mol. The smallest absolute Gasteiger partial charge is 0.188 e. The summed E-state index contributed by atoms with van der Waals surface area (Å²) in [7, 11) is 0. The van der Waals surface area contributed by atoms with Crippen molar-refractivity contribution in [2.24, 2.45) is 0 Å². The van der Waals surface area contributed by atoms with E-state index in [1.54, 1.807) is 12.1 Å². The molecule has 0 spiro atoms. The SMILES string of the molecule is CSc1nc(Sc2cc(Cl)ccc2Cl)c2ccccc2n1. The highest BCUT2D eigenvalue weighted by atomic mass is 35.5. The number of aromatic nitrogens is 2. The summed E-state index contributed by atoms with van der Waals surface area (Å²) in [4.78, 5) is 10.0. The summed E-state index contributed by atoms with van der Waals surface area (Å²) in [5.74, 6) is 0. The second-order valence-electron chi connectivity index (χ2n) is 4.21. The summed E-state index contributed by atoms with van der Waals surface area (Å²) in [5.41, 5.74) is 0.928. The van der Waals surface area contributed by atoms with E-state index in [0.29, 0.717) is 10.0 Å². The van der Waals surface area contributed by atoms with Crippen LogP contribution in [0.1, 0.15) is 0 Å². The Hall–Kier alpha value is -0.940. The minimum Gasteiger partial charge on any atom is -0.222 e. The normalized spacial score (nSPS) is 11.0. The number of rotatable bonds is 3. The zero-order chi connectivity index (χ0) is 14.8. The zero-order valence-electron chi connectivity index (χ0n) is 11.0. The molecular weight excluding hydrogens is 343 g/mol. The summed E-state index contributed by atoms with van der Waals surface area (Å²) < 4.78 is 0. The Morgan fingerprint density at radius 3 is 2.62 bits per heavy atom. The minimum absolute atomic E-state index is 0.658. The van der Waals surface area contributed by atoms with Gasteiger partial charge in [0.25, 0.3) is 0 Å². The highest BCUT2D eigenvalue weighted by Gasteiger charge is 2.11. The van der Waals surface area contributed by atoms with Crippen LogP contribution in [-0.4, -0.2) is 16.2 Å². The van der Waals surface area contributed by atoms with Crippen molar-refractivity contribution in [1.82, 2.24) is 9.97 Å². The van der Waals surface area contributed by atoms with Gasteiger partial charge in [-0.05, 0) is 30.5 Å². The minimum atomic E-state index is 0.658. The maximum Gasteiger partial charge on any atom is 0.188 e. The summed E-state index contributed by atoms with van der Waals surface area (Å²) in [6, 6.07) is 13.4. The lowest BCUT2D eigenvalue weighted by atomic mass is 10.2. The molecule has 0 N–H and O–H groups in total. The number of thioether (sulfide) groups is 1. The van der Waals surface area contributed by atoms with Gasteiger partial charge < -0.3 is 0 Å². The number of hydrogen-bond acceptors (Lipinski definition) is 4. The first kappa shape index (κ1) is 15.0. The van der Waals surface area contributed by atoms with Gasteiger partial charge in [-0.15, -0.1) is 0 Å². The van der Waals surface area contributed by atoms with Crippen LogP contribution in [0.15, 0.2) is 57.5 Å². The Morgan fingerprint density at radius 2 is 1.81 bits per heavy atom. The van der Waals surface area contributed by atoms with Gasteiger partial charge in [-0.3, -0.25) is 0 Å². The molecule has 0 saturated carbocycles. The molecule has 106 valence electrons. The topological polar surface area (TPSA) is 25.8 Å². The molecule has 0 fully saturated rings. The van der Waals surface area contributed by atoms with Crippen molar-refractivity contribution in [3.05, 3.63) is 52.5 Å². The zero-order valence-corrected chi connectivity index (χ0v) is 14.2. The third kappa shape index (κ3) is 3.29. The number of para-hydroxylation sites is 1. The van der Waals surface area contributed by atoms with Gasteiger partial charge in [-0.2, -0.15) is 0 Å². The van der Waals surface area contributed by atoms with E-state index in [1.807, 2.05) is 36.6 Å². The van der Waals surface area contributed by atoms with Gasteiger partial charge in [0.1, 0.15) is 5.03 Å². The fourth-order valence-corrected chi connectivity index (χ4v) is 3.73. The molecule has 6 heteroatoms. The van der Waals surface area contributed by atoms with E-state index in [0.717, 1.165) is 26.0 Å². The highest BCUT2D eigenvalue weighted by molar-refractivity contribution is 7.99. The van der Waals surface area contributed by atoms with Crippen molar-refractivity contribution < 1.29 is 0 Å². The van der Waals surface area contributed by atoms with Crippen LogP contribution in [-0.2, 0) is 0 Å². The molecule has 21 heavy (non-hydrogen) atoms. The number of hydrogen-bond donors (Lipinski definition) is 0. The van der Waals surface area contributed by atoms with Crippen LogP contribution in [0, 0.1) is 0 Å². The molecule has 3 rings (SSSR count). The van der Waals surface area contributed by atoms with Gasteiger partial charge in [0.15, 0.2) is 5.16 Å². The molecule has 0 aliphatic rings. The monoisotopic (exact) mass is 352 g/mol. The van der Waals surface area contributed by atoms with Crippen molar-refractivity contribution in [3.8, 4) is 0 Å². The molecule has 0 aliphatic heterocycles. The fourth-order valence-electron chi connectivity index (χ4n) is 1.86. The average Bonchev–Trinajstić information content (AvgIpc) is 2.50. The number of fused-ring (bicyclic) bond motifs is 1. The summed E-state index contributed by atoms with van der Waals surface area (Å²) in [6.45, 7) is 0. The third-order valence-corrected chi connectivity index (χ3v) is 5.12. The predicted octanol–water partition coefficient (Wildman–Crippen LogP) is 5.81. The van der Waals surface area contributed by atoms with Crippen LogP contribution < -0.4 is 0 Å². The van der Waals surface area contributed by atoms with E-state index in [9.17, 15) is 0 Å². The first-order valence-electron chi connectivity index (χ1n) is 6.11. The predicted molar refractivity (Wildman–Crippen MR) is 91.9 cm³/mol.